The number of methoxy groups -OCH3 is 1. The fourth-order valence-electron chi connectivity index (χ4n) is 2.11. The first-order valence-corrected chi connectivity index (χ1v) is 7.98. The lowest BCUT2D eigenvalue weighted by molar-refractivity contribution is 0.102. The van der Waals surface area contributed by atoms with E-state index in [0.717, 1.165) is 18.6 Å². The molecule has 0 heterocycles. The first-order valence-electron chi connectivity index (χ1n) is 7.98. The maximum Gasteiger partial charge on any atom is 0.255 e. The first-order chi connectivity index (χ1) is 11.9. The maximum atomic E-state index is 13.2. The third kappa shape index (κ3) is 5.17. The molecule has 0 aliphatic carbocycles. The lowest BCUT2D eigenvalue weighted by Crippen LogP contribution is -2.12. The highest BCUT2D eigenvalue weighted by molar-refractivity contribution is 6.04. The second-order valence-electron chi connectivity index (χ2n) is 5.98. The molecule has 0 aromatic heterocycles. The summed E-state index contributed by atoms with van der Waals surface area (Å²) >= 11 is 0. The Morgan fingerprint density at radius 3 is 2.48 bits per heavy atom. The third-order valence-corrected chi connectivity index (χ3v) is 3.56. The molecule has 0 spiro atoms. The highest BCUT2D eigenvalue weighted by atomic mass is 19.2. The number of anilines is 1. The minimum absolute atomic E-state index is 0.167. The van der Waals surface area contributed by atoms with Crippen LogP contribution in [0.3, 0.4) is 0 Å². The van der Waals surface area contributed by atoms with Crippen LogP contribution >= 0.6 is 0 Å². The van der Waals surface area contributed by atoms with Crippen molar-refractivity contribution in [1.82, 2.24) is 0 Å². The molecule has 2 aromatic rings. The van der Waals surface area contributed by atoms with E-state index < -0.39 is 17.5 Å². The standard InChI is InChI=1S/C19H21F2NO3/c1-12(2)8-9-25-17-7-4-13(10-18(17)24-3)19(23)22-14-5-6-15(20)16(21)11-14/h4-7,10-12H,8-9H2,1-3H3,(H,22,23). The van der Waals surface area contributed by atoms with Crippen molar-refractivity contribution in [1.29, 1.82) is 0 Å². The van der Waals surface area contributed by atoms with Gasteiger partial charge in [0, 0.05) is 17.3 Å². The number of carbonyl (C=O) groups excluding carboxylic acids is 1. The second kappa shape index (κ2) is 8.46. The number of ether oxygens (including phenoxy) is 2. The molecule has 134 valence electrons. The molecule has 6 heteroatoms. The van der Waals surface area contributed by atoms with Crippen LogP contribution in [-0.4, -0.2) is 19.6 Å². The van der Waals surface area contributed by atoms with Crippen molar-refractivity contribution in [2.75, 3.05) is 19.0 Å². The fraction of sp³-hybridized carbons (Fsp3) is 0.316. The summed E-state index contributed by atoms with van der Waals surface area (Å²) < 4.78 is 37.1. The molecule has 0 fully saturated rings. The van der Waals surface area contributed by atoms with Gasteiger partial charge in [-0.05, 0) is 42.7 Å². The van der Waals surface area contributed by atoms with Crippen LogP contribution in [-0.2, 0) is 0 Å². The molecule has 4 nitrogen and oxygen atoms in total. The van der Waals surface area contributed by atoms with Gasteiger partial charge in [0.15, 0.2) is 23.1 Å². The van der Waals surface area contributed by atoms with E-state index in [1.165, 1.54) is 13.2 Å². The fourth-order valence-corrected chi connectivity index (χ4v) is 2.11. The van der Waals surface area contributed by atoms with Gasteiger partial charge in [0.2, 0.25) is 0 Å². The van der Waals surface area contributed by atoms with Gasteiger partial charge >= 0.3 is 0 Å². The number of nitrogens with one attached hydrogen (secondary N) is 1. The Labute approximate surface area is 145 Å². The van der Waals surface area contributed by atoms with Gasteiger partial charge in [-0.2, -0.15) is 0 Å². The number of hydrogen-bond acceptors (Lipinski definition) is 3. The van der Waals surface area contributed by atoms with Gasteiger partial charge in [-0.1, -0.05) is 13.8 Å². The predicted octanol–water partition coefficient (Wildman–Crippen LogP) is 4.65. The largest absolute Gasteiger partial charge is 0.493 e. The summed E-state index contributed by atoms with van der Waals surface area (Å²) in [5.41, 5.74) is 0.484. The summed E-state index contributed by atoms with van der Waals surface area (Å²) in [4.78, 5) is 12.3. The number of carbonyl (C=O) groups is 1. The van der Waals surface area contributed by atoms with Crippen molar-refractivity contribution in [3.05, 3.63) is 53.6 Å². The Kier molecular flexibility index (Phi) is 6.33. The zero-order valence-electron chi connectivity index (χ0n) is 14.4. The van der Waals surface area contributed by atoms with Crippen LogP contribution in [0.1, 0.15) is 30.6 Å². The Morgan fingerprint density at radius 1 is 1.08 bits per heavy atom. The summed E-state index contributed by atoms with van der Waals surface area (Å²) in [6.07, 6.45) is 0.904. The zero-order chi connectivity index (χ0) is 18.4. The summed E-state index contributed by atoms with van der Waals surface area (Å²) in [5, 5.41) is 2.51. The van der Waals surface area contributed by atoms with Crippen LogP contribution in [0.5, 0.6) is 11.5 Å². The number of hydrogen-bond donors (Lipinski definition) is 1. The van der Waals surface area contributed by atoms with E-state index >= 15 is 0 Å². The molecule has 0 bridgehead atoms. The van der Waals surface area contributed by atoms with E-state index in [2.05, 4.69) is 19.2 Å². The zero-order valence-corrected chi connectivity index (χ0v) is 14.4. The van der Waals surface area contributed by atoms with Crippen molar-refractivity contribution >= 4 is 11.6 Å². The molecule has 0 unspecified atom stereocenters. The minimum atomic E-state index is -1.02. The van der Waals surface area contributed by atoms with Crippen LogP contribution in [0.4, 0.5) is 14.5 Å². The van der Waals surface area contributed by atoms with Gasteiger partial charge in [-0.3, -0.25) is 4.79 Å². The topological polar surface area (TPSA) is 47.6 Å². The quantitative estimate of drug-likeness (QED) is 0.791. The number of benzene rings is 2. The molecule has 2 aromatic carbocycles. The van der Waals surface area contributed by atoms with Gasteiger partial charge in [-0.15, -0.1) is 0 Å². The molecule has 25 heavy (non-hydrogen) atoms. The van der Waals surface area contributed by atoms with E-state index in [1.807, 2.05) is 0 Å². The average Bonchev–Trinajstić information content (AvgIpc) is 2.58. The van der Waals surface area contributed by atoms with Gasteiger partial charge in [-0.25, -0.2) is 8.78 Å². The minimum Gasteiger partial charge on any atom is -0.493 e. The molecule has 0 aliphatic rings. The van der Waals surface area contributed by atoms with E-state index in [1.54, 1.807) is 18.2 Å². The number of halogens is 2. The van der Waals surface area contributed by atoms with Gasteiger partial charge < -0.3 is 14.8 Å². The van der Waals surface area contributed by atoms with E-state index in [0.29, 0.717) is 29.6 Å². The lowest BCUT2D eigenvalue weighted by Gasteiger charge is -2.13. The Bertz CT molecular complexity index is 747. The first kappa shape index (κ1) is 18.7. The van der Waals surface area contributed by atoms with Crippen LogP contribution in [0.2, 0.25) is 0 Å². The summed E-state index contributed by atoms with van der Waals surface area (Å²) in [7, 11) is 1.49. The van der Waals surface area contributed by atoms with Crippen LogP contribution in [0, 0.1) is 17.6 Å². The van der Waals surface area contributed by atoms with Gasteiger partial charge in [0.1, 0.15) is 0 Å². The average molecular weight is 349 g/mol. The molecule has 0 atom stereocenters. The Balaban J connectivity index is 2.10. The lowest BCUT2D eigenvalue weighted by atomic mass is 10.1. The van der Waals surface area contributed by atoms with Gasteiger partial charge in [0.05, 0.1) is 13.7 Å². The molecule has 2 rings (SSSR count). The molecular formula is C19H21F2NO3. The molecule has 0 aliphatic heterocycles. The van der Waals surface area contributed by atoms with Crippen molar-refractivity contribution in [2.45, 2.75) is 20.3 Å². The monoisotopic (exact) mass is 349 g/mol. The third-order valence-electron chi connectivity index (χ3n) is 3.56. The van der Waals surface area contributed by atoms with Crippen molar-refractivity contribution in [2.24, 2.45) is 5.92 Å². The normalized spacial score (nSPS) is 10.6. The van der Waals surface area contributed by atoms with Gasteiger partial charge in [0.25, 0.3) is 5.91 Å². The predicted molar refractivity (Wildman–Crippen MR) is 92.3 cm³/mol. The molecular weight excluding hydrogens is 328 g/mol. The van der Waals surface area contributed by atoms with Crippen molar-refractivity contribution < 1.29 is 23.0 Å². The number of rotatable bonds is 7. The highest BCUT2D eigenvalue weighted by Crippen LogP contribution is 2.29. The summed E-state index contributed by atoms with van der Waals surface area (Å²) in [5.74, 6) is -0.953. The molecule has 1 N–H and O–H groups in total. The summed E-state index contributed by atoms with van der Waals surface area (Å²) in [6, 6.07) is 7.95. The van der Waals surface area contributed by atoms with E-state index in [4.69, 9.17) is 9.47 Å². The number of amides is 1. The molecule has 0 saturated carbocycles. The smallest absolute Gasteiger partial charge is 0.255 e. The molecule has 0 saturated heterocycles. The Morgan fingerprint density at radius 2 is 1.84 bits per heavy atom. The van der Waals surface area contributed by atoms with Crippen molar-refractivity contribution in [3.8, 4) is 11.5 Å². The molecule has 0 radical (unpaired) electrons. The van der Waals surface area contributed by atoms with Crippen LogP contribution in [0.25, 0.3) is 0 Å². The Hall–Kier alpha value is -2.63. The second-order valence-corrected chi connectivity index (χ2v) is 5.98. The van der Waals surface area contributed by atoms with E-state index in [9.17, 15) is 13.6 Å². The van der Waals surface area contributed by atoms with Crippen molar-refractivity contribution in [3.63, 3.8) is 0 Å². The van der Waals surface area contributed by atoms with Crippen LogP contribution < -0.4 is 14.8 Å². The highest BCUT2D eigenvalue weighted by Gasteiger charge is 2.13. The van der Waals surface area contributed by atoms with Crippen LogP contribution in [0.15, 0.2) is 36.4 Å². The SMILES string of the molecule is COc1cc(C(=O)Nc2ccc(F)c(F)c2)ccc1OCCC(C)C. The van der Waals surface area contributed by atoms with E-state index in [-0.39, 0.29) is 5.69 Å². The maximum absolute atomic E-state index is 13.2. The summed E-state index contributed by atoms with van der Waals surface area (Å²) in [6.45, 7) is 4.76. The molecule has 1 amide bonds.